The number of benzene rings is 2. The summed E-state index contributed by atoms with van der Waals surface area (Å²) in [5.41, 5.74) is 1.53. The van der Waals surface area contributed by atoms with E-state index in [0.717, 1.165) is 5.56 Å². The molecule has 1 N–H and O–H groups in total. The first-order valence-corrected chi connectivity index (χ1v) is 11.5. The van der Waals surface area contributed by atoms with Crippen molar-refractivity contribution in [1.29, 1.82) is 0 Å². The Labute approximate surface area is 190 Å². The maximum Gasteiger partial charge on any atom is 0.337 e. The van der Waals surface area contributed by atoms with Crippen LogP contribution in [-0.2, 0) is 25.9 Å². The zero-order valence-electron chi connectivity index (χ0n) is 17.9. The smallest absolute Gasteiger partial charge is 0.337 e. The fourth-order valence-electron chi connectivity index (χ4n) is 3.73. The number of aryl methyl sites for hydroxylation is 1. The Hall–Kier alpha value is -3.85. The topological polar surface area (TPSA) is 114 Å². The quantitative estimate of drug-likeness (QED) is 0.550. The number of esters is 1. The second kappa shape index (κ2) is 8.59. The first kappa shape index (κ1) is 22.3. The van der Waals surface area contributed by atoms with Crippen molar-refractivity contribution in [3.63, 3.8) is 0 Å². The molecule has 1 atom stereocenters. The molecule has 0 unspecified atom stereocenters. The molecular formula is C24H21NO7S. The Morgan fingerprint density at radius 1 is 1.09 bits per heavy atom. The lowest BCUT2D eigenvalue weighted by Gasteiger charge is -2.26. The fraction of sp³-hybridized carbons (Fsp3) is 0.167. The third kappa shape index (κ3) is 4.03. The van der Waals surface area contributed by atoms with Crippen molar-refractivity contribution < 1.29 is 32.3 Å². The highest BCUT2D eigenvalue weighted by molar-refractivity contribution is 7.95. The first-order chi connectivity index (χ1) is 15.7. The van der Waals surface area contributed by atoms with E-state index in [1.165, 1.54) is 54.7 Å². The van der Waals surface area contributed by atoms with E-state index >= 15 is 0 Å². The number of furan rings is 1. The van der Waals surface area contributed by atoms with Crippen LogP contribution in [0.25, 0.3) is 0 Å². The number of aliphatic hydroxyl groups is 1. The number of rotatable bonds is 6. The highest BCUT2D eigenvalue weighted by atomic mass is 32.2. The number of sulfone groups is 1. The van der Waals surface area contributed by atoms with Crippen LogP contribution in [0.15, 0.2) is 86.9 Å². The van der Waals surface area contributed by atoms with E-state index in [0.29, 0.717) is 11.3 Å². The van der Waals surface area contributed by atoms with Crippen LogP contribution < -0.4 is 0 Å². The van der Waals surface area contributed by atoms with Gasteiger partial charge in [0.1, 0.15) is 10.7 Å². The lowest BCUT2D eigenvalue weighted by Crippen LogP contribution is -2.30. The van der Waals surface area contributed by atoms with Gasteiger partial charge < -0.3 is 19.2 Å². The Balaban J connectivity index is 1.84. The summed E-state index contributed by atoms with van der Waals surface area (Å²) in [4.78, 5) is 25.6. The van der Waals surface area contributed by atoms with Gasteiger partial charge >= 0.3 is 5.97 Å². The molecule has 2 aromatic carbocycles. The molecule has 9 heteroatoms. The van der Waals surface area contributed by atoms with Crippen molar-refractivity contribution in [2.75, 3.05) is 7.11 Å². The summed E-state index contributed by atoms with van der Waals surface area (Å²) in [5, 5.41) is 10.7. The molecule has 3 aromatic rings. The normalized spacial score (nSPS) is 16.4. The molecule has 1 aromatic heterocycles. The third-order valence-electron chi connectivity index (χ3n) is 5.43. The molecule has 4 rings (SSSR count). The molecule has 0 fully saturated rings. The number of methoxy groups -OCH3 is 1. The van der Waals surface area contributed by atoms with Crippen LogP contribution in [0.1, 0.15) is 33.3 Å². The van der Waals surface area contributed by atoms with Gasteiger partial charge in [-0.2, -0.15) is 0 Å². The lowest BCUT2D eigenvalue weighted by molar-refractivity contribution is -0.130. The van der Waals surface area contributed by atoms with Crippen LogP contribution in [0, 0.1) is 6.92 Å². The molecule has 0 spiro atoms. The summed E-state index contributed by atoms with van der Waals surface area (Å²) in [7, 11) is -2.98. The van der Waals surface area contributed by atoms with E-state index in [1.54, 1.807) is 24.3 Å². The van der Waals surface area contributed by atoms with E-state index in [4.69, 9.17) is 9.15 Å². The van der Waals surface area contributed by atoms with Crippen molar-refractivity contribution in [2.24, 2.45) is 0 Å². The summed E-state index contributed by atoms with van der Waals surface area (Å²) in [5.74, 6) is -1.81. The van der Waals surface area contributed by atoms with E-state index in [2.05, 4.69) is 0 Å². The van der Waals surface area contributed by atoms with Crippen molar-refractivity contribution >= 4 is 21.7 Å². The number of amides is 1. The predicted molar refractivity (Wildman–Crippen MR) is 118 cm³/mol. The van der Waals surface area contributed by atoms with Crippen LogP contribution in [0.5, 0.6) is 0 Å². The van der Waals surface area contributed by atoms with Gasteiger partial charge in [0.2, 0.25) is 9.84 Å². The molecule has 33 heavy (non-hydrogen) atoms. The van der Waals surface area contributed by atoms with Crippen LogP contribution in [-0.4, -0.2) is 37.4 Å². The van der Waals surface area contributed by atoms with Crippen LogP contribution in [0.2, 0.25) is 0 Å². The molecule has 0 saturated carbocycles. The summed E-state index contributed by atoms with van der Waals surface area (Å²) in [6.07, 6.45) is 1.44. The minimum atomic E-state index is -4.23. The summed E-state index contributed by atoms with van der Waals surface area (Å²) in [6, 6.07) is 14.3. The zero-order valence-corrected chi connectivity index (χ0v) is 18.7. The molecule has 1 aliphatic rings. The second-order valence-electron chi connectivity index (χ2n) is 7.56. The van der Waals surface area contributed by atoms with Gasteiger partial charge in [-0.1, -0.05) is 29.8 Å². The van der Waals surface area contributed by atoms with Gasteiger partial charge in [-0.15, -0.1) is 0 Å². The molecule has 0 radical (unpaired) electrons. The van der Waals surface area contributed by atoms with Crippen molar-refractivity contribution in [3.8, 4) is 0 Å². The molecule has 170 valence electrons. The number of hydrogen-bond acceptors (Lipinski definition) is 7. The van der Waals surface area contributed by atoms with Gasteiger partial charge in [-0.05, 0) is 48.9 Å². The summed E-state index contributed by atoms with van der Waals surface area (Å²) in [6.45, 7) is 1.76. The fourth-order valence-corrected chi connectivity index (χ4v) is 5.38. The van der Waals surface area contributed by atoms with Crippen molar-refractivity contribution in [2.45, 2.75) is 24.4 Å². The molecule has 0 aliphatic carbocycles. The highest BCUT2D eigenvalue weighted by Gasteiger charge is 2.47. The van der Waals surface area contributed by atoms with Gasteiger partial charge in [0.25, 0.3) is 5.91 Å². The molecule has 1 amide bonds. The Morgan fingerprint density at radius 3 is 2.33 bits per heavy atom. The van der Waals surface area contributed by atoms with Crippen LogP contribution in [0.4, 0.5) is 0 Å². The van der Waals surface area contributed by atoms with Gasteiger partial charge in [-0.25, -0.2) is 13.2 Å². The highest BCUT2D eigenvalue weighted by Crippen LogP contribution is 2.43. The summed E-state index contributed by atoms with van der Waals surface area (Å²) >= 11 is 0. The maximum atomic E-state index is 13.6. The Bertz CT molecular complexity index is 1320. The molecule has 0 saturated heterocycles. The second-order valence-corrected chi connectivity index (χ2v) is 9.48. The van der Waals surface area contributed by atoms with Crippen molar-refractivity contribution in [1.82, 2.24) is 4.90 Å². The molecule has 2 heterocycles. The standard InChI is InChI=1S/C24H21NO7S/c1-15-5-11-19(12-6-15)33(29,30)22-20(16-7-9-17(10-8-16)24(28)31-2)25(23(27)21(22)26)14-18-4-3-13-32-18/h3-13,20,26H,14H2,1-2H3/t20-/m1/s1. The number of aliphatic hydroxyl groups excluding tert-OH is 1. The SMILES string of the molecule is COC(=O)c1ccc([C@@H]2C(S(=O)(=O)c3ccc(C)cc3)=C(O)C(=O)N2Cc2ccco2)cc1. The number of ether oxygens (including phenoxy) is 1. The maximum absolute atomic E-state index is 13.6. The number of nitrogens with zero attached hydrogens (tertiary/aromatic N) is 1. The molecule has 8 nitrogen and oxygen atoms in total. The van der Waals surface area contributed by atoms with Crippen LogP contribution >= 0.6 is 0 Å². The number of carbonyl (C=O) groups excluding carboxylic acids is 2. The molecular weight excluding hydrogens is 446 g/mol. The Kier molecular flexibility index (Phi) is 5.82. The average molecular weight is 467 g/mol. The molecule has 0 bridgehead atoms. The molecule has 1 aliphatic heterocycles. The first-order valence-electron chi connectivity index (χ1n) is 10.0. The van der Waals surface area contributed by atoms with Gasteiger partial charge in [-0.3, -0.25) is 4.79 Å². The van der Waals surface area contributed by atoms with E-state index in [-0.39, 0.29) is 17.0 Å². The predicted octanol–water partition coefficient (Wildman–Crippen LogP) is 3.70. The summed E-state index contributed by atoms with van der Waals surface area (Å²) < 4.78 is 37.2. The zero-order chi connectivity index (χ0) is 23.8. The number of hydrogen-bond donors (Lipinski definition) is 1. The van der Waals surface area contributed by atoms with E-state index in [9.17, 15) is 23.1 Å². The van der Waals surface area contributed by atoms with E-state index in [1.807, 2.05) is 6.92 Å². The average Bonchev–Trinajstić information content (AvgIpc) is 3.41. The van der Waals surface area contributed by atoms with E-state index < -0.39 is 38.4 Å². The monoisotopic (exact) mass is 467 g/mol. The number of carbonyl (C=O) groups is 2. The minimum absolute atomic E-state index is 0.0431. The largest absolute Gasteiger partial charge is 0.502 e. The minimum Gasteiger partial charge on any atom is -0.502 e. The van der Waals surface area contributed by atoms with Crippen molar-refractivity contribution in [3.05, 3.63) is 100 Å². The van der Waals surface area contributed by atoms with Gasteiger partial charge in [0, 0.05) is 0 Å². The van der Waals surface area contributed by atoms with Crippen LogP contribution in [0.3, 0.4) is 0 Å². The van der Waals surface area contributed by atoms with Gasteiger partial charge in [0.05, 0.1) is 36.4 Å². The third-order valence-corrected chi connectivity index (χ3v) is 7.32. The lowest BCUT2D eigenvalue weighted by atomic mass is 10.0. The Morgan fingerprint density at radius 2 is 1.76 bits per heavy atom. The van der Waals surface area contributed by atoms with Gasteiger partial charge in [0.15, 0.2) is 5.76 Å².